The average molecular weight is 843 g/mol. The third-order valence-electron chi connectivity index (χ3n) is 8.52. The van der Waals surface area contributed by atoms with E-state index >= 15 is 0 Å². The minimum Gasteiger partial charge on any atom is -0.506 e. The van der Waals surface area contributed by atoms with Crippen LogP contribution in [0.25, 0.3) is 21.5 Å². The zero-order valence-corrected chi connectivity index (χ0v) is 32.1. The van der Waals surface area contributed by atoms with E-state index in [1.54, 1.807) is 0 Å². The molecule has 0 heterocycles. The molecule has 0 atom stereocenters. The van der Waals surface area contributed by atoms with Gasteiger partial charge in [-0.2, -0.15) is 16.8 Å². The lowest BCUT2D eigenvalue weighted by Crippen LogP contribution is -2.21. The summed E-state index contributed by atoms with van der Waals surface area (Å²) >= 11 is 0. The summed E-state index contributed by atoms with van der Waals surface area (Å²) in [5.74, 6) is -1.70. The van der Waals surface area contributed by atoms with Crippen molar-refractivity contribution >= 4 is 90.6 Å². The van der Waals surface area contributed by atoms with E-state index in [0.29, 0.717) is 11.1 Å². The SMILES string of the molecule is Cc1cc(S(=O)(=O)Nc2cccc3ccc(S(=O)(=O)O)c(O)c23)ccc1NC(=O)Nc1ccc(S(=O)(=O)Nc2cccc3ccc(S(=O)(=O)O)c(O)c23)cc1C. The number of amides is 2. The number of rotatable bonds is 10. The third kappa shape index (κ3) is 7.89. The van der Waals surface area contributed by atoms with Gasteiger partial charge < -0.3 is 20.8 Å². The van der Waals surface area contributed by atoms with Crippen LogP contribution in [-0.4, -0.2) is 59.0 Å². The molecular formula is C35H30N4O13S4. The van der Waals surface area contributed by atoms with Gasteiger partial charge in [0.05, 0.1) is 21.2 Å². The maximum absolute atomic E-state index is 13.4. The lowest BCUT2D eigenvalue weighted by Gasteiger charge is -2.16. The Balaban J connectivity index is 1.17. The molecule has 0 aliphatic heterocycles. The fourth-order valence-corrected chi connectivity index (χ4v) is 9.32. The molecule has 21 heteroatoms. The summed E-state index contributed by atoms with van der Waals surface area (Å²) in [6.07, 6.45) is 0. The molecule has 0 aliphatic carbocycles. The van der Waals surface area contributed by atoms with Gasteiger partial charge in [-0.15, -0.1) is 0 Å². The number of aryl methyl sites for hydroxylation is 2. The van der Waals surface area contributed by atoms with E-state index in [1.807, 2.05) is 0 Å². The Morgan fingerprint density at radius 2 is 0.875 bits per heavy atom. The first kappa shape index (κ1) is 39.7. The number of anilines is 4. The van der Waals surface area contributed by atoms with Crippen LogP contribution in [0.4, 0.5) is 27.5 Å². The molecule has 0 saturated carbocycles. The Hall–Kier alpha value is -5.97. The van der Waals surface area contributed by atoms with Crippen LogP contribution in [0.3, 0.4) is 0 Å². The number of benzene rings is 6. The van der Waals surface area contributed by atoms with E-state index in [1.165, 1.54) is 98.8 Å². The Kier molecular flexibility index (Phi) is 10.1. The first-order chi connectivity index (χ1) is 26.1. The fraction of sp³-hybridized carbons (Fsp3) is 0.0571. The first-order valence-corrected chi connectivity index (χ1v) is 21.7. The van der Waals surface area contributed by atoms with Crippen LogP contribution in [0, 0.1) is 13.8 Å². The number of phenolic OH excluding ortho intramolecular Hbond substituents is 2. The summed E-state index contributed by atoms with van der Waals surface area (Å²) in [4.78, 5) is 10.9. The number of hydrogen-bond acceptors (Lipinski definition) is 11. The Morgan fingerprint density at radius 1 is 0.500 bits per heavy atom. The predicted molar refractivity (Wildman–Crippen MR) is 207 cm³/mol. The highest BCUT2D eigenvalue weighted by Gasteiger charge is 2.24. The van der Waals surface area contributed by atoms with E-state index in [4.69, 9.17) is 0 Å². The molecule has 0 fully saturated rings. The molecule has 6 aromatic rings. The monoisotopic (exact) mass is 842 g/mol. The van der Waals surface area contributed by atoms with Crippen molar-refractivity contribution in [2.45, 2.75) is 33.4 Å². The molecule has 0 radical (unpaired) electrons. The molecule has 292 valence electrons. The van der Waals surface area contributed by atoms with Crippen LogP contribution in [0.1, 0.15) is 11.1 Å². The Bertz CT molecular complexity index is 2880. The van der Waals surface area contributed by atoms with Gasteiger partial charge >= 0.3 is 6.03 Å². The molecule has 17 nitrogen and oxygen atoms in total. The highest BCUT2D eigenvalue weighted by Crippen LogP contribution is 2.39. The van der Waals surface area contributed by atoms with Crippen molar-refractivity contribution < 1.29 is 57.8 Å². The number of nitrogens with one attached hydrogen (secondary N) is 4. The zero-order valence-electron chi connectivity index (χ0n) is 28.8. The van der Waals surface area contributed by atoms with Crippen LogP contribution in [-0.2, 0) is 40.3 Å². The minimum atomic E-state index is -4.83. The molecule has 0 saturated heterocycles. The van der Waals surface area contributed by atoms with Gasteiger partial charge in [-0.3, -0.25) is 18.5 Å². The molecule has 2 amide bonds. The minimum absolute atomic E-state index is 0.169. The van der Waals surface area contributed by atoms with Gasteiger partial charge in [0.1, 0.15) is 21.3 Å². The Labute approximate surface area is 320 Å². The number of sulfonamides is 2. The number of hydrogen-bond donors (Lipinski definition) is 8. The van der Waals surface area contributed by atoms with Crippen LogP contribution >= 0.6 is 0 Å². The summed E-state index contributed by atoms with van der Waals surface area (Å²) in [6, 6.07) is 19.8. The van der Waals surface area contributed by atoms with Gasteiger partial charge in [0.2, 0.25) is 0 Å². The number of urea groups is 1. The van der Waals surface area contributed by atoms with Crippen molar-refractivity contribution in [2.75, 3.05) is 20.1 Å². The van der Waals surface area contributed by atoms with Crippen molar-refractivity contribution in [2.24, 2.45) is 0 Å². The maximum Gasteiger partial charge on any atom is 0.323 e. The zero-order chi connectivity index (χ0) is 41.0. The lowest BCUT2D eigenvalue weighted by molar-refractivity contribution is 0.262. The normalized spacial score (nSPS) is 12.4. The molecule has 0 spiro atoms. The van der Waals surface area contributed by atoms with E-state index in [9.17, 15) is 57.8 Å². The standard InChI is InChI=1S/C35H30N4O13S4/c1-19-17-23(53(43,44)38-27-7-3-5-21-9-15-29(55(47,48)49)33(40)31(21)27)11-13-25(19)36-35(42)37-26-14-12-24(18-20(26)2)54(45,46)39-28-8-4-6-22-10-16-30(56(50,51)52)34(41)32(22)28/h3-18,38-41H,1-2H3,(H2,36,37,42)(H,47,48,49)(H,50,51,52). The van der Waals surface area contributed by atoms with Gasteiger partial charge in [-0.1, -0.05) is 36.4 Å². The van der Waals surface area contributed by atoms with Crippen LogP contribution in [0.2, 0.25) is 0 Å². The molecule has 0 aromatic heterocycles. The summed E-state index contributed by atoms with van der Waals surface area (Å²) in [6.45, 7) is 3.04. The molecule has 8 N–H and O–H groups in total. The molecule has 6 aromatic carbocycles. The number of carbonyl (C=O) groups is 1. The maximum atomic E-state index is 13.4. The average Bonchev–Trinajstić information content (AvgIpc) is 3.09. The van der Waals surface area contributed by atoms with Crippen molar-refractivity contribution in [3.05, 3.63) is 108 Å². The van der Waals surface area contributed by atoms with Gasteiger partial charge in [0.25, 0.3) is 40.3 Å². The summed E-state index contributed by atoms with van der Waals surface area (Å²) in [5.41, 5.74) is 0.695. The summed E-state index contributed by atoms with van der Waals surface area (Å²) < 4.78 is 124. The number of phenols is 2. The van der Waals surface area contributed by atoms with Crippen LogP contribution in [0.15, 0.2) is 117 Å². The lowest BCUT2D eigenvalue weighted by atomic mass is 10.1. The van der Waals surface area contributed by atoms with Gasteiger partial charge in [-0.05, 0) is 96.4 Å². The highest BCUT2D eigenvalue weighted by atomic mass is 32.2. The third-order valence-corrected chi connectivity index (χ3v) is 13.0. The van der Waals surface area contributed by atoms with Gasteiger partial charge in [0, 0.05) is 22.1 Å². The molecule has 56 heavy (non-hydrogen) atoms. The molecule has 6 rings (SSSR count). The molecule has 0 unspecified atom stereocenters. The Morgan fingerprint density at radius 3 is 1.21 bits per heavy atom. The largest absolute Gasteiger partial charge is 0.506 e. The van der Waals surface area contributed by atoms with E-state index in [-0.39, 0.29) is 54.1 Å². The number of fused-ring (bicyclic) bond motifs is 2. The van der Waals surface area contributed by atoms with Crippen molar-refractivity contribution in [3.8, 4) is 11.5 Å². The van der Waals surface area contributed by atoms with Gasteiger partial charge in [0.15, 0.2) is 0 Å². The second-order valence-corrected chi connectivity index (χ2v) is 18.5. The summed E-state index contributed by atoms with van der Waals surface area (Å²) in [7, 11) is -18.4. The smallest absolute Gasteiger partial charge is 0.323 e. The second kappa shape index (κ2) is 14.3. The highest BCUT2D eigenvalue weighted by molar-refractivity contribution is 7.93. The van der Waals surface area contributed by atoms with Crippen molar-refractivity contribution in [1.82, 2.24) is 0 Å². The summed E-state index contributed by atoms with van der Waals surface area (Å²) in [5, 5.41) is 26.6. The van der Waals surface area contributed by atoms with Crippen LogP contribution < -0.4 is 20.1 Å². The fourth-order valence-electron chi connectivity index (χ4n) is 5.84. The number of aromatic hydroxyl groups is 2. The number of carbonyl (C=O) groups excluding carboxylic acids is 1. The topological polar surface area (TPSA) is 283 Å². The van der Waals surface area contributed by atoms with Gasteiger partial charge in [-0.25, -0.2) is 21.6 Å². The van der Waals surface area contributed by atoms with Crippen LogP contribution in [0.5, 0.6) is 11.5 Å². The van der Waals surface area contributed by atoms with E-state index in [2.05, 4.69) is 20.1 Å². The molecule has 0 aliphatic rings. The second-order valence-electron chi connectivity index (χ2n) is 12.3. The quantitative estimate of drug-likeness (QED) is 0.0763. The molecular weight excluding hydrogens is 813 g/mol. The van der Waals surface area contributed by atoms with Crippen molar-refractivity contribution in [3.63, 3.8) is 0 Å². The van der Waals surface area contributed by atoms with E-state index < -0.39 is 67.6 Å². The molecule has 0 bridgehead atoms. The van der Waals surface area contributed by atoms with Crippen molar-refractivity contribution in [1.29, 1.82) is 0 Å². The predicted octanol–water partition coefficient (Wildman–Crippen LogP) is 5.76. The first-order valence-electron chi connectivity index (χ1n) is 15.9. The van der Waals surface area contributed by atoms with E-state index in [0.717, 1.165) is 12.1 Å².